The highest BCUT2D eigenvalue weighted by Gasteiger charge is 2.32. The Hall–Kier alpha value is -0.610. The van der Waals surface area contributed by atoms with Gasteiger partial charge in [-0.2, -0.15) is 0 Å². The number of esters is 1. The Morgan fingerprint density at radius 1 is 1.37 bits per heavy atom. The van der Waals surface area contributed by atoms with Gasteiger partial charge in [-0.3, -0.25) is 4.79 Å². The standard InChI is InChI=1S/C15H29NO3/c1-4-16-15(2,14(17)18-3)10-6-11-19-12-9-13-7-5-8-13/h13,16H,4-12H2,1-3H3. The summed E-state index contributed by atoms with van der Waals surface area (Å²) in [6.45, 7) is 6.24. The van der Waals surface area contributed by atoms with Crippen LogP contribution in [0.4, 0.5) is 0 Å². The van der Waals surface area contributed by atoms with Crippen molar-refractivity contribution in [3.8, 4) is 0 Å². The zero-order valence-corrected chi connectivity index (χ0v) is 12.7. The summed E-state index contributed by atoms with van der Waals surface area (Å²) in [4.78, 5) is 11.8. The van der Waals surface area contributed by atoms with Crippen LogP contribution in [0, 0.1) is 5.92 Å². The maximum Gasteiger partial charge on any atom is 0.325 e. The molecule has 1 N–H and O–H groups in total. The van der Waals surface area contributed by atoms with E-state index < -0.39 is 5.54 Å². The summed E-state index contributed by atoms with van der Waals surface area (Å²) >= 11 is 0. The van der Waals surface area contributed by atoms with E-state index in [0.717, 1.165) is 38.5 Å². The first-order chi connectivity index (χ1) is 9.12. The third-order valence-corrected chi connectivity index (χ3v) is 4.06. The molecule has 0 bridgehead atoms. The zero-order chi connectivity index (χ0) is 14.1. The molecule has 1 fully saturated rings. The molecule has 4 heteroatoms. The molecule has 19 heavy (non-hydrogen) atoms. The highest BCUT2D eigenvalue weighted by Crippen LogP contribution is 2.29. The van der Waals surface area contributed by atoms with E-state index in [9.17, 15) is 4.79 Å². The van der Waals surface area contributed by atoms with Gasteiger partial charge in [-0.15, -0.1) is 0 Å². The third-order valence-electron chi connectivity index (χ3n) is 4.06. The van der Waals surface area contributed by atoms with Gasteiger partial charge in [0.1, 0.15) is 5.54 Å². The summed E-state index contributed by atoms with van der Waals surface area (Å²) in [5, 5.41) is 3.21. The zero-order valence-electron chi connectivity index (χ0n) is 12.7. The number of rotatable bonds is 10. The number of hydrogen-bond donors (Lipinski definition) is 1. The second kappa shape index (κ2) is 8.54. The Kier molecular flexibility index (Phi) is 7.39. The minimum Gasteiger partial charge on any atom is -0.468 e. The Labute approximate surface area is 117 Å². The first kappa shape index (κ1) is 16.4. The van der Waals surface area contributed by atoms with Crippen LogP contribution >= 0.6 is 0 Å². The largest absolute Gasteiger partial charge is 0.468 e. The first-order valence-electron chi connectivity index (χ1n) is 7.53. The van der Waals surface area contributed by atoms with Crippen LogP contribution in [0.2, 0.25) is 0 Å². The van der Waals surface area contributed by atoms with Crippen LogP contribution in [0.3, 0.4) is 0 Å². The van der Waals surface area contributed by atoms with Crippen LogP contribution in [0.15, 0.2) is 0 Å². The molecule has 1 aliphatic rings. The van der Waals surface area contributed by atoms with Crippen molar-refractivity contribution in [3.05, 3.63) is 0 Å². The fourth-order valence-electron chi connectivity index (χ4n) is 2.54. The second-order valence-corrected chi connectivity index (χ2v) is 5.66. The van der Waals surface area contributed by atoms with Crippen LogP contribution in [0.25, 0.3) is 0 Å². The van der Waals surface area contributed by atoms with Crippen LogP contribution in [0.1, 0.15) is 52.4 Å². The predicted octanol–water partition coefficient (Wildman–Crippen LogP) is 2.51. The average molecular weight is 271 g/mol. The molecule has 0 heterocycles. The molecule has 0 radical (unpaired) electrons. The van der Waals surface area contributed by atoms with Crippen molar-refractivity contribution < 1.29 is 14.3 Å². The molecular formula is C15H29NO3. The monoisotopic (exact) mass is 271 g/mol. The van der Waals surface area contributed by atoms with Crippen molar-refractivity contribution in [2.45, 2.75) is 57.9 Å². The first-order valence-corrected chi connectivity index (χ1v) is 7.53. The molecule has 0 amide bonds. The van der Waals surface area contributed by atoms with Crippen molar-refractivity contribution in [1.29, 1.82) is 0 Å². The maximum atomic E-state index is 11.8. The Morgan fingerprint density at radius 2 is 2.11 bits per heavy atom. The summed E-state index contributed by atoms with van der Waals surface area (Å²) < 4.78 is 10.5. The lowest BCUT2D eigenvalue weighted by Gasteiger charge is -2.27. The van der Waals surface area contributed by atoms with Gasteiger partial charge in [-0.1, -0.05) is 26.2 Å². The quantitative estimate of drug-likeness (QED) is 0.490. The lowest BCUT2D eigenvalue weighted by molar-refractivity contribution is -0.148. The van der Waals surface area contributed by atoms with Gasteiger partial charge < -0.3 is 14.8 Å². The molecule has 4 nitrogen and oxygen atoms in total. The lowest BCUT2D eigenvalue weighted by Crippen LogP contribution is -2.50. The van der Waals surface area contributed by atoms with Gasteiger partial charge in [0.2, 0.25) is 0 Å². The normalized spacial score (nSPS) is 18.7. The van der Waals surface area contributed by atoms with Gasteiger partial charge in [0.05, 0.1) is 7.11 Å². The fraction of sp³-hybridized carbons (Fsp3) is 0.933. The fourth-order valence-corrected chi connectivity index (χ4v) is 2.54. The molecule has 1 unspecified atom stereocenters. The summed E-state index contributed by atoms with van der Waals surface area (Å²) in [5.74, 6) is 0.714. The van der Waals surface area contributed by atoms with Crippen LogP contribution in [-0.4, -0.2) is 38.4 Å². The highest BCUT2D eigenvalue weighted by atomic mass is 16.5. The summed E-state index contributed by atoms with van der Waals surface area (Å²) in [6.07, 6.45) is 6.97. The van der Waals surface area contributed by atoms with Crippen LogP contribution < -0.4 is 5.32 Å². The minimum atomic E-state index is -0.583. The van der Waals surface area contributed by atoms with E-state index in [4.69, 9.17) is 9.47 Å². The molecule has 1 aliphatic carbocycles. The number of hydrogen-bond acceptors (Lipinski definition) is 4. The van der Waals surface area contributed by atoms with Gasteiger partial charge in [0.25, 0.3) is 0 Å². The molecule has 1 rings (SSSR count). The van der Waals surface area contributed by atoms with Crippen molar-refractivity contribution in [3.63, 3.8) is 0 Å². The number of methoxy groups -OCH3 is 1. The Balaban J connectivity index is 2.11. The SMILES string of the molecule is CCNC(C)(CCCOCCC1CCC1)C(=O)OC. The Morgan fingerprint density at radius 3 is 2.63 bits per heavy atom. The van der Waals surface area contributed by atoms with E-state index in [1.807, 2.05) is 13.8 Å². The van der Waals surface area contributed by atoms with E-state index in [-0.39, 0.29) is 5.97 Å². The molecule has 1 saturated carbocycles. The molecule has 0 aromatic carbocycles. The van der Waals surface area contributed by atoms with Crippen molar-refractivity contribution in [2.24, 2.45) is 5.92 Å². The predicted molar refractivity (Wildman–Crippen MR) is 76.1 cm³/mol. The van der Waals surface area contributed by atoms with E-state index in [2.05, 4.69) is 5.32 Å². The molecule has 1 atom stereocenters. The number of ether oxygens (including phenoxy) is 2. The number of likely N-dealkylation sites (N-methyl/N-ethyl adjacent to an activating group) is 1. The van der Waals surface area contributed by atoms with E-state index in [0.29, 0.717) is 0 Å². The topological polar surface area (TPSA) is 47.6 Å². The van der Waals surface area contributed by atoms with Crippen LogP contribution in [-0.2, 0) is 14.3 Å². The van der Waals surface area contributed by atoms with Gasteiger partial charge in [-0.05, 0) is 38.6 Å². The molecule has 0 aliphatic heterocycles. The summed E-state index contributed by atoms with van der Waals surface area (Å²) in [5.41, 5.74) is -0.583. The van der Waals surface area contributed by atoms with E-state index >= 15 is 0 Å². The van der Waals surface area contributed by atoms with E-state index in [1.165, 1.54) is 32.8 Å². The van der Waals surface area contributed by atoms with Gasteiger partial charge in [0.15, 0.2) is 0 Å². The smallest absolute Gasteiger partial charge is 0.325 e. The second-order valence-electron chi connectivity index (χ2n) is 5.66. The van der Waals surface area contributed by atoms with Gasteiger partial charge in [0, 0.05) is 13.2 Å². The van der Waals surface area contributed by atoms with E-state index in [1.54, 1.807) is 0 Å². The molecule has 0 saturated heterocycles. The van der Waals surface area contributed by atoms with Gasteiger partial charge in [-0.25, -0.2) is 0 Å². The van der Waals surface area contributed by atoms with Gasteiger partial charge >= 0.3 is 5.97 Å². The third kappa shape index (κ3) is 5.49. The Bertz CT molecular complexity index is 266. The maximum absolute atomic E-state index is 11.8. The molecule has 0 aromatic heterocycles. The lowest BCUT2D eigenvalue weighted by atomic mass is 9.83. The number of carbonyl (C=O) groups excluding carboxylic acids is 1. The molecule has 0 aromatic rings. The van der Waals surface area contributed by atoms with Crippen molar-refractivity contribution >= 4 is 5.97 Å². The van der Waals surface area contributed by atoms with Crippen molar-refractivity contribution in [2.75, 3.05) is 26.9 Å². The summed E-state index contributed by atoms with van der Waals surface area (Å²) in [6, 6.07) is 0. The molecule has 0 spiro atoms. The number of nitrogens with one attached hydrogen (secondary N) is 1. The summed E-state index contributed by atoms with van der Waals surface area (Å²) in [7, 11) is 1.44. The minimum absolute atomic E-state index is 0.191. The number of carbonyl (C=O) groups is 1. The highest BCUT2D eigenvalue weighted by molar-refractivity contribution is 5.80. The molecular weight excluding hydrogens is 242 g/mol. The average Bonchev–Trinajstić information content (AvgIpc) is 2.34. The van der Waals surface area contributed by atoms with Crippen molar-refractivity contribution in [1.82, 2.24) is 5.32 Å². The van der Waals surface area contributed by atoms with Crippen LogP contribution in [0.5, 0.6) is 0 Å². The molecule has 112 valence electrons.